The van der Waals surface area contributed by atoms with E-state index in [0.717, 1.165) is 23.8 Å². The summed E-state index contributed by atoms with van der Waals surface area (Å²) in [5.74, 6) is 1.97. The van der Waals surface area contributed by atoms with E-state index in [1.165, 1.54) is 19.3 Å². The third-order valence-electron chi connectivity index (χ3n) is 2.19. The van der Waals surface area contributed by atoms with Gasteiger partial charge < -0.3 is 10.5 Å². The monoisotopic (exact) mass is 252 g/mol. The summed E-state index contributed by atoms with van der Waals surface area (Å²) in [5, 5.41) is 0. The Balaban J connectivity index is 0.000000509. The first kappa shape index (κ1) is 16.8. The van der Waals surface area contributed by atoms with Crippen LogP contribution in [0.3, 0.4) is 0 Å². The smallest absolute Gasteiger partial charge is 0.166 e. The van der Waals surface area contributed by atoms with Crippen LogP contribution in [0, 0.1) is 12.8 Å². The Labute approximate surface area is 112 Å². The predicted molar refractivity (Wildman–Crippen MR) is 78.9 cm³/mol. The third-order valence-corrected chi connectivity index (χ3v) is 2.19. The zero-order valence-corrected chi connectivity index (χ0v) is 12.5. The highest BCUT2D eigenvalue weighted by Gasteiger charge is 2.22. The molecule has 1 saturated carbocycles. The SMILES string of the molecule is CC.CCC.Cc1cnc(N)c(OCC2CC2)c1. The van der Waals surface area contributed by atoms with Crippen LogP contribution >= 0.6 is 0 Å². The lowest BCUT2D eigenvalue weighted by Crippen LogP contribution is -2.03. The number of hydrogen-bond acceptors (Lipinski definition) is 3. The number of aromatic nitrogens is 1. The Morgan fingerprint density at radius 1 is 1.33 bits per heavy atom. The number of nitrogens with two attached hydrogens (primary N) is 1. The summed E-state index contributed by atoms with van der Waals surface area (Å²) < 4.78 is 5.55. The van der Waals surface area contributed by atoms with E-state index in [1.54, 1.807) is 6.20 Å². The van der Waals surface area contributed by atoms with Gasteiger partial charge in [-0.2, -0.15) is 0 Å². The lowest BCUT2D eigenvalue weighted by molar-refractivity contribution is 0.300. The summed E-state index contributed by atoms with van der Waals surface area (Å²) in [4.78, 5) is 4.03. The zero-order valence-electron chi connectivity index (χ0n) is 12.5. The van der Waals surface area contributed by atoms with Crippen molar-refractivity contribution in [3.63, 3.8) is 0 Å². The maximum Gasteiger partial charge on any atom is 0.166 e. The number of hydrogen-bond donors (Lipinski definition) is 1. The van der Waals surface area contributed by atoms with E-state index in [-0.39, 0.29) is 0 Å². The number of nitrogen functional groups attached to an aromatic ring is 1. The van der Waals surface area contributed by atoms with Gasteiger partial charge in [-0.3, -0.25) is 0 Å². The maximum atomic E-state index is 5.66. The molecule has 1 aliphatic carbocycles. The first-order chi connectivity index (χ1) is 8.67. The van der Waals surface area contributed by atoms with Gasteiger partial charge in [-0.15, -0.1) is 0 Å². The van der Waals surface area contributed by atoms with Crippen molar-refractivity contribution in [1.82, 2.24) is 4.98 Å². The first-order valence-corrected chi connectivity index (χ1v) is 7.02. The molecule has 0 radical (unpaired) electrons. The number of ether oxygens (including phenoxy) is 1. The second kappa shape index (κ2) is 9.75. The molecule has 1 aromatic rings. The second-order valence-corrected chi connectivity index (χ2v) is 4.36. The van der Waals surface area contributed by atoms with E-state index in [0.29, 0.717) is 5.82 Å². The largest absolute Gasteiger partial charge is 0.489 e. The molecule has 0 spiro atoms. The third kappa shape index (κ3) is 7.15. The molecular formula is C15H28N2O. The van der Waals surface area contributed by atoms with Crippen molar-refractivity contribution in [3.8, 4) is 5.75 Å². The molecule has 1 aromatic heterocycles. The van der Waals surface area contributed by atoms with Crippen molar-refractivity contribution in [2.45, 2.75) is 53.9 Å². The van der Waals surface area contributed by atoms with Crippen molar-refractivity contribution >= 4 is 5.82 Å². The average molecular weight is 252 g/mol. The van der Waals surface area contributed by atoms with Gasteiger partial charge in [-0.1, -0.05) is 34.1 Å². The van der Waals surface area contributed by atoms with Crippen LogP contribution in [-0.2, 0) is 0 Å². The minimum Gasteiger partial charge on any atom is -0.489 e. The van der Waals surface area contributed by atoms with Gasteiger partial charge in [0, 0.05) is 6.20 Å². The molecule has 1 heterocycles. The molecule has 2 N–H and O–H groups in total. The van der Waals surface area contributed by atoms with E-state index in [9.17, 15) is 0 Å². The Morgan fingerprint density at radius 3 is 2.39 bits per heavy atom. The van der Waals surface area contributed by atoms with Gasteiger partial charge in [0.2, 0.25) is 0 Å². The van der Waals surface area contributed by atoms with Crippen LogP contribution in [0.5, 0.6) is 5.75 Å². The Hall–Kier alpha value is -1.25. The lowest BCUT2D eigenvalue weighted by Gasteiger charge is -2.07. The molecule has 3 nitrogen and oxygen atoms in total. The quantitative estimate of drug-likeness (QED) is 0.877. The van der Waals surface area contributed by atoms with Crippen LogP contribution < -0.4 is 10.5 Å². The Morgan fingerprint density at radius 2 is 1.89 bits per heavy atom. The molecule has 1 fully saturated rings. The fourth-order valence-electron chi connectivity index (χ4n) is 1.16. The minimum atomic E-state index is 0.492. The van der Waals surface area contributed by atoms with Crippen LogP contribution in [0.4, 0.5) is 5.82 Å². The Bertz CT molecular complexity index is 322. The standard InChI is InChI=1S/C10H14N2O.C3H8.C2H6/c1-7-4-9(10(11)12-5-7)13-6-8-2-3-8;1-3-2;1-2/h4-5,8H,2-3,6H2,1H3,(H2,11,12);3H2,1-2H3;1-2H3. The van der Waals surface area contributed by atoms with Gasteiger partial charge in [0.15, 0.2) is 11.6 Å². The van der Waals surface area contributed by atoms with Crippen LogP contribution in [0.25, 0.3) is 0 Å². The molecule has 3 heteroatoms. The first-order valence-electron chi connectivity index (χ1n) is 7.02. The fraction of sp³-hybridized carbons (Fsp3) is 0.667. The molecule has 0 amide bonds. The van der Waals surface area contributed by atoms with Crippen LogP contribution in [0.2, 0.25) is 0 Å². The van der Waals surface area contributed by atoms with E-state index in [2.05, 4.69) is 18.8 Å². The van der Waals surface area contributed by atoms with Crippen LogP contribution in [0.15, 0.2) is 12.3 Å². The summed E-state index contributed by atoms with van der Waals surface area (Å²) in [6, 6.07) is 1.94. The average Bonchev–Trinajstić information content (AvgIpc) is 3.18. The van der Waals surface area contributed by atoms with Gasteiger partial charge in [0.05, 0.1) is 6.61 Å². The molecule has 0 atom stereocenters. The van der Waals surface area contributed by atoms with Crippen molar-refractivity contribution in [1.29, 1.82) is 0 Å². The van der Waals surface area contributed by atoms with Gasteiger partial charge in [-0.25, -0.2) is 4.98 Å². The number of pyridine rings is 1. The molecule has 0 aliphatic heterocycles. The minimum absolute atomic E-state index is 0.492. The summed E-state index contributed by atoms with van der Waals surface area (Å²) in [5.41, 5.74) is 6.74. The van der Waals surface area contributed by atoms with Crippen LogP contribution in [0.1, 0.15) is 52.5 Å². The molecule has 18 heavy (non-hydrogen) atoms. The highest BCUT2D eigenvalue weighted by atomic mass is 16.5. The topological polar surface area (TPSA) is 48.1 Å². The number of anilines is 1. The van der Waals surface area contributed by atoms with Gasteiger partial charge in [0.1, 0.15) is 0 Å². The molecule has 104 valence electrons. The van der Waals surface area contributed by atoms with E-state index in [1.807, 2.05) is 26.8 Å². The summed E-state index contributed by atoms with van der Waals surface area (Å²) >= 11 is 0. The van der Waals surface area contributed by atoms with Gasteiger partial charge in [0.25, 0.3) is 0 Å². The van der Waals surface area contributed by atoms with E-state index in [4.69, 9.17) is 10.5 Å². The van der Waals surface area contributed by atoms with Crippen LogP contribution in [-0.4, -0.2) is 11.6 Å². The van der Waals surface area contributed by atoms with Gasteiger partial charge >= 0.3 is 0 Å². The lowest BCUT2D eigenvalue weighted by atomic mass is 10.3. The summed E-state index contributed by atoms with van der Waals surface area (Å²) in [6.45, 7) is 11.0. The molecule has 0 aromatic carbocycles. The van der Waals surface area contributed by atoms with Gasteiger partial charge in [-0.05, 0) is 37.3 Å². The second-order valence-electron chi connectivity index (χ2n) is 4.36. The zero-order chi connectivity index (χ0) is 14.0. The number of aryl methyl sites for hydroxylation is 1. The van der Waals surface area contributed by atoms with E-state index >= 15 is 0 Å². The fourth-order valence-corrected chi connectivity index (χ4v) is 1.16. The number of rotatable bonds is 3. The summed E-state index contributed by atoms with van der Waals surface area (Å²) in [7, 11) is 0. The molecular weight excluding hydrogens is 224 g/mol. The molecule has 2 rings (SSSR count). The van der Waals surface area contributed by atoms with E-state index < -0.39 is 0 Å². The summed E-state index contributed by atoms with van der Waals surface area (Å²) in [6.07, 6.45) is 5.58. The Kier molecular flexibility index (Phi) is 9.07. The predicted octanol–water partition coefficient (Wildman–Crippen LogP) is 4.20. The maximum absolute atomic E-state index is 5.66. The van der Waals surface area contributed by atoms with Crippen molar-refractivity contribution in [3.05, 3.63) is 17.8 Å². The van der Waals surface area contributed by atoms with Crippen molar-refractivity contribution < 1.29 is 4.74 Å². The molecule has 0 unspecified atom stereocenters. The van der Waals surface area contributed by atoms with Crippen molar-refractivity contribution in [2.75, 3.05) is 12.3 Å². The van der Waals surface area contributed by atoms with Crippen molar-refractivity contribution in [2.24, 2.45) is 5.92 Å². The molecule has 1 aliphatic rings. The normalized spacial score (nSPS) is 12.7. The molecule has 0 saturated heterocycles. The highest BCUT2D eigenvalue weighted by Crippen LogP contribution is 2.30. The highest BCUT2D eigenvalue weighted by molar-refractivity contribution is 5.46. The number of nitrogens with zero attached hydrogens (tertiary/aromatic N) is 1. The molecule has 0 bridgehead atoms.